The summed E-state index contributed by atoms with van der Waals surface area (Å²) >= 11 is 0. The maximum absolute atomic E-state index is 12.4. The van der Waals surface area contributed by atoms with E-state index in [1.54, 1.807) is 0 Å². The first-order valence-electron chi connectivity index (χ1n) is 8.19. The number of nitrogen functional groups attached to an aromatic ring is 1. The van der Waals surface area contributed by atoms with Crippen molar-refractivity contribution in [3.63, 3.8) is 0 Å². The quantitative estimate of drug-likeness (QED) is 0.853. The highest BCUT2D eigenvalue weighted by Crippen LogP contribution is 2.25. The van der Waals surface area contributed by atoms with Crippen molar-refractivity contribution in [2.24, 2.45) is 11.8 Å². The number of anilines is 1. The lowest BCUT2D eigenvalue weighted by molar-refractivity contribution is -0.131. The Morgan fingerprint density at radius 3 is 2.68 bits per heavy atom. The molecule has 22 heavy (non-hydrogen) atoms. The maximum Gasteiger partial charge on any atom is 0.222 e. The van der Waals surface area contributed by atoms with Crippen LogP contribution in [0.1, 0.15) is 45.1 Å². The number of carbonyl (C=O) groups is 1. The molecular formula is C18H29ClN2O. The summed E-state index contributed by atoms with van der Waals surface area (Å²) in [5.74, 6) is 1.78. The number of hydrogen-bond donors (Lipinski definition) is 1. The minimum absolute atomic E-state index is 0. The lowest BCUT2D eigenvalue weighted by Crippen LogP contribution is -2.32. The molecule has 1 atom stereocenters. The summed E-state index contributed by atoms with van der Waals surface area (Å²) in [4.78, 5) is 14.5. The van der Waals surface area contributed by atoms with Crippen molar-refractivity contribution in [1.82, 2.24) is 4.90 Å². The van der Waals surface area contributed by atoms with Crippen LogP contribution in [0, 0.1) is 11.8 Å². The van der Waals surface area contributed by atoms with E-state index >= 15 is 0 Å². The van der Waals surface area contributed by atoms with Gasteiger partial charge in [0.15, 0.2) is 0 Å². The van der Waals surface area contributed by atoms with E-state index in [1.807, 2.05) is 24.3 Å². The van der Waals surface area contributed by atoms with Crippen molar-refractivity contribution >= 4 is 24.0 Å². The number of rotatable bonds is 4. The number of nitrogens with zero attached hydrogens (tertiary/aromatic N) is 1. The van der Waals surface area contributed by atoms with Crippen LogP contribution in [0.5, 0.6) is 0 Å². The van der Waals surface area contributed by atoms with Crippen LogP contribution in [0.2, 0.25) is 0 Å². The van der Waals surface area contributed by atoms with Crippen LogP contribution in [0.25, 0.3) is 0 Å². The molecule has 1 saturated heterocycles. The van der Waals surface area contributed by atoms with Gasteiger partial charge in [0.1, 0.15) is 0 Å². The van der Waals surface area contributed by atoms with Gasteiger partial charge in [-0.15, -0.1) is 12.4 Å². The van der Waals surface area contributed by atoms with Crippen molar-refractivity contribution in [2.45, 2.75) is 46.0 Å². The summed E-state index contributed by atoms with van der Waals surface area (Å²) in [7, 11) is 0. The number of likely N-dealkylation sites (tertiary alicyclic amines) is 1. The van der Waals surface area contributed by atoms with Crippen LogP contribution < -0.4 is 5.73 Å². The van der Waals surface area contributed by atoms with Crippen LogP contribution in [0.4, 0.5) is 5.69 Å². The summed E-state index contributed by atoms with van der Waals surface area (Å²) in [6.45, 7) is 6.43. The molecule has 0 bridgehead atoms. The standard InChI is InChI=1S/C18H28N2O.ClH/c1-14(2)15-7-5-12-20(13-11-15)18(21)10-9-16-6-3-4-8-17(16)19;/h3-4,6,8,14-15H,5,7,9-13,19H2,1-2H3;1H. The summed E-state index contributed by atoms with van der Waals surface area (Å²) in [6.07, 6.45) is 4.86. The van der Waals surface area contributed by atoms with Crippen molar-refractivity contribution < 1.29 is 4.79 Å². The predicted molar refractivity (Wildman–Crippen MR) is 95.2 cm³/mol. The third kappa shape index (κ3) is 5.20. The van der Waals surface area contributed by atoms with Gasteiger partial charge < -0.3 is 10.6 Å². The number of para-hydroxylation sites is 1. The van der Waals surface area contributed by atoms with Gasteiger partial charge in [-0.2, -0.15) is 0 Å². The molecule has 1 aromatic rings. The van der Waals surface area contributed by atoms with Crippen molar-refractivity contribution in [2.75, 3.05) is 18.8 Å². The molecule has 0 aliphatic carbocycles. The minimum atomic E-state index is 0. The van der Waals surface area contributed by atoms with E-state index in [-0.39, 0.29) is 18.3 Å². The van der Waals surface area contributed by atoms with Crippen LogP contribution in [0.3, 0.4) is 0 Å². The van der Waals surface area contributed by atoms with Gasteiger partial charge in [0, 0.05) is 25.2 Å². The summed E-state index contributed by atoms with van der Waals surface area (Å²) in [5, 5.41) is 0. The van der Waals surface area contributed by atoms with E-state index < -0.39 is 0 Å². The predicted octanol–water partition coefficient (Wildman–Crippen LogP) is 3.91. The monoisotopic (exact) mass is 324 g/mol. The lowest BCUT2D eigenvalue weighted by atomic mass is 9.89. The van der Waals surface area contributed by atoms with Crippen molar-refractivity contribution in [1.29, 1.82) is 0 Å². The zero-order valence-corrected chi connectivity index (χ0v) is 14.6. The fraction of sp³-hybridized carbons (Fsp3) is 0.611. The highest BCUT2D eigenvalue weighted by Gasteiger charge is 2.22. The van der Waals surface area contributed by atoms with E-state index in [9.17, 15) is 4.79 Å². The molecule has 1 aromatic carbocycles. The molecule has 0 saturated carbocycles. The minimum Gasteiger partial charge on any atom is -0.399 e. The Hall–Kier alpha value is -1.22. The van der Waals surface area contributed by atoms with Crippen LogP contribution in [0.15, 0.2) is 24.3 Å². The second kappa shape index (κ2) is 9.04. The summed E-state index contributed by atoms with van der Waals surface area (Å²) in [5.41, 5.74) is 7.81. The van der Waals surface area contributed by atoms with E-state index in [1.165, 1.54) is 6.42 Å². The van der Waals surface area contributed by atoms with Gasteiger partial charge in [-0.25, -0.2) is 0 Å². The fourth-order valence-electron chi connectivity index (χ4n) is 3.20. The third-order valence-corrected chi connectivity index (χ3v) is 4.73. The largest absolute Gasteiger partial charge is 0.399 e. The number of benzene rings is 1. The molecule has 0 radical (unpaired) electrons. The van der Waals surface area contributed by atoms with Crippen LogP contribution in [-0.4, -0.2) is 23.9 Å². The number of hydrogen-bond acceptors (Lipinski definition) is 2. The number of halogens is 1. The zero-order chi connectivity index (χ0) is 15.2. The number of amides is 1. The van der Waals surface area contributed by atoms with Gasteiger partial charge in [-0.05, 0) is 49.1 Å². The highest BCUT2D eigenvalue weighted by atomic mass is 35.5. The first-order chi connectivity index (χ1) is 10.1. The first-order valence-corrected chi connectivity index (χ1v) is 8.19. The lowest BCUT2D eigenvalue weighted by Gasteiger charge is -2.21. The molecule has 1 amide bonds. The Bertz CT molecular complexity index is 476. The molecule has 0 aromatic heterocycles. The topological polar surface area (TPSA) is 46.3 Å². The second-order valence-electron chi connectivity index (χ2n) is 6.51. The molecular weight excluding hydrogens is 296 g/mol. The molecule has 124 valence electrons. The average Bonchev–Trinajstić information content (AvgIpc) is 2.72. The first kappa shape index (κ1) is 18.8. The van der Waals surface area contributed by atoms with Gasteiger partial charge in [0.25, 0.3) is 0 Å². The molecule has 0 spiro atoms. The third-order valence-electron chi connectivity index (χ3n) is 4.73. The Labute approximate surface area is 140 Å². The van der Waals surface area contributed by atoms with Crippen LogP contribution in [-0.2, 0) is 11.2 Å². The number of nitrogens with two attached hydrogens (primary N) is 1. The summed E-state index contributed by atoms with van der Waals surface area (Å²) in [6, 6.07) is 7.83. The Morgan fingerprint density at radius 2 is 2.00 bits per heavy atom. The van der Waals surface area contributed by atoms with E-state index in [0.717, 1.165) is 55.4 Å². The Balaban J connectivity index is 0.00000242. The average molecular weight is 325 g/mol. The Morgan fingerprint density at radius 1 is 1.27 bits per heavy atom. The van der Waals surface area contributed by atoms with Gasteiger partial charge >= 0.3 is 0 Å². The van der Waals surface area contributed by atoms with Gasteiger partial charge in [-0.3, -0.25) is 4.79 Å². The zero-order valence-electron chi connectivity index (χ0n) is 13.8. The molecule has 2 rings (SSSR count). The SMILES string of the molecule is CC(C)C1CCCN(C(=O)CCc2ccccc2N)CC1.Cl. The molecule has 4 heteroatoms. The Kier molecular flexibility index (Phi) is 7.74. The second-order valence-corrected chi connectivity index (χ2v) is 6.51. The normalized spacial score (nSPS) is 18.7. The maximum atomic E-state index is 12.4. The molecule has 1 fully saturated rings. The van der Waals surface area contributed by atoms with Gasteiger partial charge in [0.05, 0.1) is 0 Å². The molecule has 3 nitrogen and oxygen atoms in total. The van der Waals surface area contributed by atoms with E-state index in [2.05, 4.69) is 18.7 Å². The number of aryl methyl sites for hydroxylation is 1. The highest BCUT2D eigenvalue weighted by molar-refractivity contribution is 5.85. The van der Waals surface area contributed by atoms with Gasteiger partial charge in [-0.1, -0.05) is 32.0 Å². The molecule has 1 unspecified atom stereocenters. The van der Waals surface area contributed by atoms with E-state index in [0.29, 0.717) is 6.42 Å². The fourth-order valence-corrected chi connectivity index (χ4v) is 3.20. The van der Waals surface area contributed by atoms with Crippen molar-refractivity contribution in [3.05, 3.63) is 29.8 Å². The van der Waals surface area contributed by atoms with Crippen molar-refractivity contribution in [3.8, 4) is 0 Å². The van der Waals surface area contributed by atoms with Gasteiger partial charge in [0.2, 0.25) is 5.91 Å². The summed E-state index contributed by atoms with van der Waals surface area (Å²) < 4.78 is 0. The molecule has 1 aliphatic rings. The smallest absolute Gasteiger partial charge is 0.222 e. The number of carbonyl (C=O) groups excluding carboxylic acids is 1. The van der Waals surface area contributed by atoms with E-state index in [4.69, 9.17) is 5.73 Å². The molecule has 2 N–H and O–H groups in total. The molecule has 1 aliphatic heterocycles. The molecule has 1 heterocycles. The van der Waals surface area contributed by atoms with Crippen LogP contribution >= 0.6 is 12.4 Å².